The van der Waals surface area contributed by atoms with Gasteiger partial charge in [-0.2, -0.15) is 0 Å². The summed E-state index contributed by atoms with van der Waals surface area (Å²) in [5.41, 5.74) is 4.50. The zero-order chi connectivity index (χ0) is 28.2. The Morgan fingerprint density at radius 1 is 0.975 bits per heavy atom. The normalized spacial score (nSPS) is 29.0. The third-order valence-corrected chi connectivity index (χ3v) is 10.1. The predicted octanol–water partition coefficient (Wildman–Crippen LogP) is 7.17. The first kappa shape index (κ1) is 29.6. The van der Waals surface area contributed by atoms with Crippen molar-refractivity contribution in [3.05, 3.63) is 22.5 Å². The van der Waals surface area contributed by atoms with Crippen LogP contribution in [0.1, 0.15) is 168 Å². The van der Waals surface area contributed by atoms with Gasteiger partial charge in [0.25, 0.3) is 5.91 Å². The van der Waals surface area contributed by atoms with Crippen LogP contribution in [0.5, 0.6) is 0 Å². The first-order valence-electron chi connectivity index (χ1n) is 16.4. The van der Waals surface area contributed by atoms with E-state index in [0.717, 1.165) is 49.8 Å². The van der Waals surface area contributed by atoms with Gasteiger partial charge in [0.2, 0.25) is 0 Å². The standard InChI is InChI=1S/C33H51FN2O4/c1-21(2)31-30(33(39)35-25-11-7-4-8-12-25)29(22-9-5-3-6-10-22)32(23-13-15-24(34)16-14-23)36(31)18-17-27-19-26(37)20-28(38)40-27/h21-27,37H,3-20H2,1-2H3,(H,35,39)/t23?,24?,26-,27+/m0/s1. The molecule has 7 heteroatoms. The molecule has 0 spiro atoms. The fourth-order valence-corrected chi connectivity index (χ4v) is 8.14. The van der Waals surface area contributed by atoms with Crippen LogP contribution >= 0.6 is 0 Å². The topological polar surface area (TPSA) is 80.6 Å². The molecule has 1 amide bonds. The zero-order valence-electron chi connectivity index (χ0n) is 24.8. The molecule has 2 atom stereocenters. The summed E-state index contributed by atoms with van der Waals surface area (Å²) in [5.74, 6) is 0.469. The van der Waals surface area contributed by atoms with Crippen LogP contribution in [0.4, 0.5) is 4.39 Å². The fraction of sp³-hybridized carbons (Fsp3) is 0.818. The van der Waals surface area contributed by atoms with Crippen molar-refractivity contribution < 1.29 is 23.8 Å². The summed E-state index contributed by atoms with van der Waals surface area (Å²) in [6.07, 6.45) is 13.7. The van der Waals surface area contributed by atoms with E-state index in [1.165, 1.54) is 49.8 Å². The molecular formula is C33H51FN2O4. The zero-order valence-corrected chi connectivity index (χ0v) is 24.8. The van der Waals surface area contributed by atoms with Gasteiger partial charge in [0.05, 0.1) is 18.1 Å². The number of cyclic esters (lactones) is 1. The van der Waals surface area contributed by atoms with Gasteiger partial charge in [-0.15, -0.1) is 0 Å². The van der Waals surface area contributed by atoms with Gasteiger partial charge in [0.15, 0.2) is 0 Å². The third-order valence-electron chi connectivity index (χ3n) is 10.1. The lowest BCUT2D eigenvalue weighted by Crippen LogP contribution is -2.37. The Morgan fingerprint density at radius 2 is 1.62 bits per heavy atom. The highest BCUT2D eigenvalue weighted by atomic mass is 19.1. The maximum Gasteiger partial charge on any atom is 0.308 e. The van der Waals surface area contributed by atoms with E-state index < -0.39 is 12.3 Å². The number of carbonyl (C=O) groups is 2. The van der Waals surface area contributed by atoms with Crippen LogP contribution in [-0.4, -0.2) is 46.0 Å². The number of halogens is 1. The summed E-state index contributed by atoms with van der Waals surface area (Å²) in [6.45, 7) is 5.00. The molecule has 0 aromatic carbocycles. The molecule has 0 bridgehead atoms. The molecule has 0 radical (unpaired) electrons. The Kier molecular flexibility index (Phi) is 9.91. The van der Waals surface area contributed by atoms with E-state index in [2.05, 4.69) is 23.7 Å². The van der Waals surface area contributed by atoms with Gasteiger partial charge in [-0.3, -0.25) is 9.59 Å². The number of amides is 1. The molecule has 3 saturated carbocycles. The number of nitrogens with zero attached hydrogens (tertiary/aromatic N) is 1. The average Bonchev–Trinajstić information content (AvgIpc) is 3.28. The van der Waals surface area contributed by atoms with E-state index in [9.17, 15) is 19.1 Å². The molecule has 1 saturated heterocycles. The molecule has 3 aliphatic carbocycles. The molecule has 224 valence electrons. The SMILES string of the molecule is CC(C)c1c(C(=O)NC2CCCCC2)c(C2CCCCC2)c(C2CCC(F)CC2)n1CC[C@@H]1C[C@H](O)CC(=O)O1. The van der Waals surface area contributed by atoms with Crippen LogP contribution in [0.25, 0.3) is 0 Å². The highest BCUT2D eigenvalue weighted by Crippen LogP contribution is 2.47. The molecule has 4 aliphatic rings. The Bertz CT molecular complexity index is 1020. The second kappa shape index (κ2) is 13.4. The molecule has 1 aliphatic heterocycles. The molecular weight excluding hydrogens is 507 g/mol. The Balaban J connectivity index is 1.58. The number of carbonyl (C=O) groups excluding carboxylic acids is 2. The van der Waals surface area contributed by atoms with E-state index in [1.54, 1.807) is 0 Å². The van der Waals surface area contributed by atoms with E-state index in [1.807, 2.05) is 0 Å². The van der Waals surface area contributed by atoms with Crippen molar-refractivity contribution in [1.29, 1.82) is 0 Å². The van der Waals surface area contributed by atoms with Crippen molar-refractivity contribution in [2.45, 2.75) is 172 Å². The number of hydrogen-bond acceptors (Lipinski definition) is 4. The average molecular weight is 559 g/mol. The van der Waals surface area contributed by atoms with Crippen molar-refractivity contribution in [2.75, 3.05) is 0 Å². The van der Waals surface area contributed by atoms with Crippen LogP contribution in [0, 0.1) is 0 Å². The van der Waals surface area contributed by atoms with Crippen LogP contribution in [0.15, 0.2) is 0 Å². The van der Waals surface area contributed by atoms with Crippen molar-refractivity contribution in [3.63, 3.8) is 0 Å². The number of aliphatic hydroxyl groups excluding tert-OH is 1. The van der Waals surface area contributed by atoms with Crippen LogP contribution < -0.4 is 5.32 Å². The van der Waals surface area contributed by atoms with Crippen LogP contribution in [0.2, 0.25) is 0 Å². The quantitative estimate of drug-likeness (QED) is 0.331. The number of alkyl halides is 1. The van der Waals surface area contributed by atoms with Crippen molar-refractivity contribution in [3.8, 4) is 0 Å². The van der Waals surface area contributed by atoms with E-state index in [4.69, 9.17) is 4.74 Å². The van der Waals surface area contributed by atoms with Crippen LogP contribution in [0.3, 0.4) is 0 Å². The minimum atomic E-state index is -0.737. The summed E-state index contributed by atoms with van der Waals surface area (Å²) in [4.78, 5) is 26.4. The molecule has 4 fully saturated rings. The monoisotopic (exact) mass is 558 g/mol. The first-order valence-corrected chi connectivity index (χ1v) is 16.4. The van der Waals surface area contributed by atoms with Gasteiger partial charge in [0.1, 0.15) is 12.3 Å². The molecule has 40 heavy (non-hydrogen) atoms. The smallest absolute Gasteiger partial charge is 0.308 e. The second-order valence-electron chi connectivity index (χ2n) is 13.5. The highest BCUT2D eigenvalue weighted by molar-refractivity contribution is 5.98. The predicted molar refractivity (Wildman–Crippen MR) is 155 cm³/mol. The fourth-order valence-electron chi connectivity index (χ4n) is 8.14. The Labute approximate surface area is 239 Å². The molecule has 1 aromatic heterocycles. The first-order chi connectivity index (χ1) is 19.3. The number of ether oxygens (including phenoxy) is 1. The van der Waals surface area contributed by atoms with Gasteiger partial charge in [-0.05, 0) is 74.7 Å². The minimum Gasteiger partial charge on any atom is -0.462 e. The third kappa shape index (κ3) is 6.77. The summed E-state index contributed by atoms with van der Waals surface area (Å²) in [5, 5.41) is 13.7. The number of rotatable bonds is 8. The molecule has 2 heterocycles. The second-order valence-corrected chi connectivity index (χ2v) is 13.5. The Hall–Kier alpha value is -1.89. The summed E-state index contributed by atoms with van der Waals surface area (Å²) >= 11 is 0. The highest BCUT2D eigenvalue weighted by Gasteiger charge is 2.38. The van der Waals surface area contributed by atoms with Gasteiger partial charge in [-0.25, -0.2) is 4.39 Å². The number of aliphatic hydroxyl groups is 1. The van der Waals surface area contributed by atoms with Gasteiger partial charge in [0, 0.05) is 36.8 Å². The van der Waals surface area contributed by atoms with E-state index in [0.29, 0.717) is 38.1 Å². The van der Waals surface area contributed by atoms with Gasteiger partial charge in [-0.1, -0.05) is 52.4 Å². The van der Waals surface area contributed by atoms with Gasteiger partial charge < -0.3 is 19.7 Å². The lowest BCUT2D eigenvalue weighted by atomic mass is 9.77. The lowest BCUT2D eigenvalue weighted by Gasteiger charge is -2.31. The summed E-state index contributed by atoms with van der Waals surface area (Å²) < 4.78 is 22.4. The molecule has 2 N–H and O–H groups in total. The summed E-state index contributed by atoms with van der Waals surface area (Å²) in [7, 11) is 0. The lowest BCUT2D eigenvalue weighted by molar-refractivity contribution is -0.160. The molecule has 6 nitrogen and oxygen atoms in total. The largest absolute Gasteiger partial charge is 0.462 e. The van der Waals surface area contributed by atoms with Crippen LogP contribution in [-0.2, 0) is 16.1 Å². The minimum absolute atomic E-state index is 0.0618. The van der Waals surface area contributed by atoms with Crippen molar-refractivity contribution in [1.82, 2.24) is 9.88 Å². The van der Waals surface area contributed by atoms with Crippen molar-refractivity contribution in [2.24, 2.45) is 0 Å². The number of esters is 1. The number of aromatic nitrogens is 1. The summed E-state index contributed by atoms with van der Waals surface area (Å²) in [6, 6.07) is 0.234. The maximum atomic E-state index is 14.4. The van der Waals surface area contributed by atoms with E-state index in [-0.39, 0.29) is 42.3 Å². The van der Waals surface area contributed by atoms with Gasteiger partial charge >= 0.3 is 5.97 Å². The maximum absolute atomic E-state index is 14.4. The Morgan fingerprint density at radius 3 is 2.25 bits per heavy atom. The molecule has 0 unspecified atom stereocenters. The number of hydrogen-bond donors (Lipinski definition) is 2. The molecule has 1 aromatic rings. The van der Waals surface area contributed by atoms with E-state index >= 15 is 0 Å². The van der Waals surface area contributed by atoms with Crippen molar-refractivity contribution >= 4 is 11.9 Å². The number of nitrogens with one attached hydrogen (secondary N) is 1. The molecule has 5 rings (SSSR count).